The quantitative estimate of drug-likeness (QED) is 0.685. The molecule has 2 atom stereocenters. The molecule has 0 radical (unpaired) electrons. The van der Waals surface area contributed by atoms with Crippen molar-refractivity contribution in [2.45, 2.75) is 37.8 Å². The maximum atomic E-state index is 11.4. The fourth-order valence-corrected chi connectivity index (χ4v) is 2.18. The summed E-state index contributed by atoms with van der Waals surface area (Å²) in [6.07, 6.45) is 4.21. The molecule has 14 heavy (non-hydrogen) atoms. The minimum absolute atomic E-state index is 0.0334. The van der Waals surface area contributed by atoms with Gasteiger partial charge in [0.05, 0.1) is 6.10 Å². The highest BCUT2D eigenvalue weighted by molar-refractivity contribution is 5.79. The van der Waals surface area contributed by atoms with Gasteiger partial charge in [0.1, 0.15) is 0 Å². The van der Waals surface area contributed by atoms with Crippen LogP contribution in [0.2, 0.25) is 0 Å². The Kier molecular flexibility index (Phi) is 3.03. The van der Waals surface area contributed by atoms with E-state index in [0.29, 0.717) is 13.0 Å². The molecule has 2 unspecified atom stereocenters. The van der Waals surface area contributed by atoms with Crippen LogP contribution in [0, 0.1) is 0 Å². The van der Waals surface area contributed by atoms with E-state index in [-0.39, 0.29) is 18.1 Å². The summed E-state index contributed by atoms with van der Waals surface area (Å²) in [4.78, 5) is 13.3. The standard InChI is InChI=1S/C10H18N2O2/c11-8-5-10(13)12(6-8)7-9-3-1-2-4-14-9/h8-9H,1-7,11H2. The molecule has 0 aliphatic carbocycles. The van der Waals surface area contributed by atoms with Crippen molar-refractivity contribution >= 4 is 5.91 Å². The van der Waals surface area contributed by atoms with E-state index in [1.807, 2.05) is 4.90 Å². The number of amides is 1. The number of carbonyl (C=O) groups excluding carboxylic acids is 1. The lowest BCUT2D eigenvalue weighted by molar-refractivity contribution is -0.130. The second kappa shape index (κ2) is 4.28. The lowest BCUT2D eigenvalue weighted by Crippen LogP contribution is -2.37. The van der Waals surface area contributed by atoms with Gasteiger partial charge in [-0.3, -0.25) is 4.79 Å². The van der Waals surface area contributed by atoms with Gasteiger partial charge in [0, 0.05) is 32.2 Å². The van der Waals surface area contributed by atoms with Gasteiger partial charge in [0.25, 0.3) is 0 Å². The topological polar surface area (TPSA) is 55.6 Å². The zero-order valence-electron chi connectivity index (χ0n) is 8.45. The molecule has 0 saturated carbocycles. The molecule has 4 nitrogen and oxygen atoms in total. The van der Waals surface area contributed by atoms with E-state index in [9.17, 15) is 4.79 Å². The summed E-state index contributed by atoms with van der Waals surface area (Å²) in [5, 5.41) is 0. The SMILES string of the molecule is NC1CC(=O)N(CC2CCCCO2)C1. The Labute approximate surface area is 84.4 Å². The largest absolute Gasteiger partial charge is 0.376 e. The highest BCUT2D eigenvalue weighted by Gasteiger charge is 2.29. The monoisotopic (exact) mass is 198 g/mol. The zero-order valence-corrected chi connectivity index (χ0v) is 8.45. The zero-order chi connectivity index (χ0) is 9.97. The lowest BCUT2D eigenvalue weighted by atomic mass is 10.1. The van der Waals surface area contributed by atoms with Crippen LogP contribution in [0.3, 0.4) is 0 Å². The minimum atomic E-state index is 0.0334. The first-order valence-corrected chi connectivity index (χ1v) is 5.40. The van der Waals surface area contributed by atoms with E-state index < -0.39 is 0 Å². The molecule has 0 spiro atoms. The minimum Gasteiger partial charge on any atom is -0.376 e. The number of hydrogen-bond donors (Lipinski definition) is 1. The molecular formula is C10H18N2O2. The fourth-order valence-electron chi connectivity index (χ4n) is 2.18. The molecule has 2 aliphatic rings. The van der Waals surface area contributed by atoms with E-state index in [1.165, 1.54) is 6.42 Å². The van der Waals surface area contributed by atoms with Crippen LogP contribution in [0.25, 0.3) is 0 Å². The second-order valence-electron chi connectivity index (χ2n) is 4.25. The van der Waals surface area contributed by atoms with Crippen LogP contribution in [0.5, 0.6) is 0 Å². The number of carbonyl (C=O) groups is 1. The van der Waals surface area contributed by atoms with Gasteiger partial charge in [-0.15, -0.1) is 0 Å². The maximum Gasteiger partial charge on any atom is 0.224 e. The van der Waals surface area contributed by atoms with Gasteiger partial charge >= 0.3 is 0 Å². The first kappa shape index (κ1) is 9.93. The highest BCUT2D eigenvalue weighted by Crippen LogP contribution is 2.17. The van der Waals surface area contributed by atoms with Crippen LogP contribution in [-0.4, -0.2) is 42.6 Å². The second-order valence-corrected chi connectivity index (χ2v) is 4.25. The third-order valence-electron chi connectivity index (χ3n) is 2.94. The number of hydrogen-bond acceptors (Lipinski definition) is 3. The number of ether oxygens (including phenoxy) is 1. The summed E-state index contributed by atoms with van der Waals surface area (Å²) >= 11 is 0. The van der Waals surface area contributed by atoms with E-state index in [2.05, 4.69) is 0 Å². The van der Waals surface area contributed by atoms with Crippen molar-refractivity contribution in [3.63, 3.8) is 0 Å². The third kappa shape index (κ3) is 2.25. The molecule has 2 fully saturated rings. The Bertz CT molecular complexity index is 214. The Morgan fingerprint density at radius 2 is 2.36 bits per heavy atom. The fraction of sp³-hybridized carbons (Fsp3) is 0.900. The molecule has 0 aromatic rings. The molecule has 0 aromatic carbocycles. The summed E-state index contributed by atoms with van der Waals surface area (Å²) < 4.78 is 5.59. The van der Waals surface area contributed by atoms with Crippen LogP contribution < -0.4 is 5.73 Å². The highest BCUT2D eigenvalue weighted by atomic mass is 16.5. The maximum absolute atomic E-state index is 11.4. The first-order valence-electron chi connectivity index (χ1n) is 5.40. The Hall–Kier alpha value is -0.610. The molecule has 2 rings (SSSR count). The average molecular weight is 198 g/mol. The van der Waals surface area contributed by atoms with Crippen LogP contribution in [0.15, 0.2) is 0 Å². The van der Waals surface area contributed by atoms with Crippen molar-refractivity contribution in [1.29, 1.82) is 0 Å². The Balaban J connectivity index is 1.81. The molecule has 1 amide bonds. The first-order chi connectivity index (χ1) is 6.75. The predicted molar refractivity (Wildman–Crippen MR) is 52.8 cm³/mol. The molecule has 2 N–H and O–H groups in total. The van der Waals surface area contributed by atoms with Gasteiger partial charge in [-0.05, 0) is 19.3 Å². The lowest BCUT2D eigenvalue weighted by Gasteiger charge is -2.27. The van der Waals surface area contributed by atoms with Crippen molar-refractivity contribution in [2.75, 3.05) is 19.7 Å². The third-order valence-corrected chi connectivity index (χ3v) is 2.94. The van der Waals surface area contributed by atoms with Crippen molar-refractivity contribution in [1.82, 2.24) is 4.90 Å². The molecule has 80 valence electrons. The van der Waals surface area contributed by atoms with E-state index in [1.54, 1.807) is 0 Å². The van der Waals surface area contributed by atoms with E-state index in [0.717, 1.165) is 26.0 Å². The number of rotatable bonds is 2. The van der Waals surface area contributed by atoms with E-state index in [4.69, 9.17) is 10.5 Å². The number of likely N-dealkylation sites (tertiary alicyclic amines) is 1. The molecule has 4 heteroatoms. The molecule has 2 saturated heterocycles. The molecule has 0 aromatic heterocycles. The molecule has 2 heterocycles. The van der Waals surface area contributed by atoms with Crippen LogP contribution in [0.4, 0.5) is 0 Å². The van der Waals surface area contributed by atoms with Crippen LogP contribution in [0.1, 0.15) is 25.7 Å². The van der Waals surface area contributed by atoms with Crippen LogP contribution >= 0.6 is 0 Å². The van der Waals surface area contributed by atoms with Crippen molar-refractivity contribution in [3.05, 3.63) is 0 Å². The number of nitrogens with zero attached hydrogens (tertiary/aromatic N) is 1. The van der Waals surface area contributed by atoms with Crippen molar-refractivity contribution < 1.29 is 9.53 Å². The molecular weight excluding hydrogens is 180 g/mol. The normalized spacial score (nSPS) is 33.8. The van der Waals surface area contributed by atoms with Crippen molar-refractivity contribution in [2.24, 2.45) is 5.73 Å². The smallest absolute Gasteiger partial charge is 0.224 e. The molecule has 0 bridgehead atoms. The van der Waals surface area contributed by atoms with Crippen LogP contribution in [-0.2, 0) is 9.53 Å². The summed E-state index contributed by atoms with van der Waals surface area (Å²) in [5.74, 6) is 0.187. The van der Waals surface area contributed by atoms with Gasteiger partial charge in [-0.2, -0.15) is 0 Å². The average Bonchev–Trinajstić information content (AvgIpc) is 2.47. The summed E-state index contributed by atoms with van der Waals surface area (Å²) in [6, 6.07) is 0.0334. The van der Waals surface area contributed by atoms with E-state index >= 15 is 0 Å². The number of nitrogens with two attached hydrogens (primary N) is 1. The summed E-state index contributed by atoms with van der Waals surface area (Å²) in [7, 11) is 0. The summed E-state index contributed by atoms with van der Waals surface area (Å²) in [5.41, 5.74) is 5.72. The van der Waals surface area contributed by atoms with Gasteiger partial charge in [0.2, 0.25) is 5.91 Å². The van der Waals surface area contributed by atoms with Gasteiger partial charge < -0.3 is 15.4 Å². The van der Waals surface area contributed by atoms with Gasteiger partial charge in [-0.25, -0.2) is 0 Å². The predicted octanol–water partition coefficient (Wildman–Crippen LogP) is 0.115. The summed E-state index contributed by atoms with van der Waals surface area (Å²) in [6.45, 7) is 2.30. The Morgan fingerprint density at radius 3 is 2.93 bits per heavy atom. The Morgan fingerprint density at radius 1 is 1.50 bits per heavy atom. The van der Waals surface area contributed by atoms with Crippen molar-refractivity contribution in [3.8, 4) is 0 Å². The van der Waals surface area contributed by atoms with Gasteiger partial charge in [-0.1, -0.05) is 0 Å². The van der Waals surface area contributed by atoms with Gasteiger partial charge in [0.15, 0.2) is 0 Å². The molecule has 2 aliphatic heterocycles.